The summed E-state index contributed by atoms with van der Waals surface area (Å²) in [5, 5.41) is 41.5. The van der Waals surface area contributed by atoms with Gasteiger partial charge < -0.3 is 29.9 Å². The van der Waals surface area contributed by atoms with Crippen molar-refractivity contribution in [2.24, 2.45) is 0 Å². The van der Waals surface area contributed by atoms with Crippen LogP contribution >= 0.6 is 11.6 Å². The quantitative estimate of drug-likeness (QED) is 0.289. The van der Waals surface area contributed by atoms with Crippen molar-refractivity contribution in [2.45, 2.75) is 55.2 Å². The van der Waals surface area contributed by atoms with Crippen LogP contribution in [0.2, 0.25) is 5.02 Å². The maximum atomic E-state index is 13.1. The first kappa shape index (κ1) is 29.5. The second kappa shape index (κ2) is 12.8. The lowest BCUT2D eigenvalue weighted by Crippen LogP contribution is -2.56. The molecule has 1 saturated heterocycles. The van der Waals surface area contributed by atoms with Gasteiger partial charge in [0.25, 0.3) is 0 Å². The Hall–Kier alpha value is -2.50. The zero-order valence-corrected chi connectivity index (χ0v) is 23.1. The highest BCUT2D eigenvalue weighted by atomic mass is 35.5. The van der Waals surface area contributed by atoms with E-state index in [2.05, 4.69) is 0 Å². The Kier molecular flexibility index (Phi) is 9.66. The van der Waals surface area contributed by atoms with Crippen LogP contribution in [0.3, 0.4) is 0 Å². The van der Waals surface area contributed by atoms with E-state index in [1.807, 2.05) is 31.2 Å². The molecule has 3 aromatic rings. The van der Waals surface area contributed by atoms with Crippen molar-refractivity contribution in [1.82, 2.24) is 0 Å². The van der Waals surface area contributed by atoms with Gasteiger partial charge in [-0.3, -0.25) is 0 Å². The molecule has 0 radical (unpaired) electrons. The normalized spacial score (nSPS) is 23.5. The smallest absolute Gasteiger partial charge is 0.181 e. The molecule has 0 unspecified atom stereocenters. The molecular formula is C29H33ClO8S. The van der Waals surface area contributed by atoms with Gasteiger partial charge in [0, 0.05) is 11.6 Å². The van der Waals surface area contributed by atoms with Gasteiger partial charge >= 0.3 is 0 Å². The Bertz CT molecular complexity index is 1340. The topological polar surface area (TPSA) is 134 Å². The number of aliphatic hydroxyl groups is 4. The van der Waals surface area contributed by atoms with Gasteiger partial charge in [0.2, 0.25) is 0 Å². The van der Waals surface area contributed by atoms with Crippen LogP contribution in [-0.2, 0) is 27.4 Å². The van der Waals surface area contributed by atoms with Crippen LogP contribution in [0.4, 0.5) is 0 Å². The van der Waals surface area contributed by atoms with E-state index in [9.17, 15) is 23.7 Å². The van der Waals surface area contributed by atoms with E-state index in [1.54, 1.807) is 30.3 Å². The van der Waals surface area contributed by atoms with Gasteiger partial charge in [0.05, 0.1) is 17.3 Å². The minimum absolute atomic E-state index is 0.0290. The summed E-state index contributed by atoms with van der Waals surface area (Å²) in [7, 11) is -3.91. The summed E-state index contributed by atoms with van der Waals surface area (Å²) in [4.78, 5) is 0.0290. The van der Waals surface area contributed by atoms with Crippen LogP contribution < -0.4 is 4.74 Å². The molecule has 0 amide bonds. The first-order chi connectivity index (χ1) is 18.6. The predicted molar refractivity (Wildman–Crippen MR) is 147 cm³/mol. The number of halogens is 1. The Morgan fingerprint density at radius 3 is 2.21 bits per heavy atom. The van der Waals surface area contributed by atoms with E-state index in [1.165, 1.54) is 12.1 Å². The van der Waals surface area contributed by atoms with Crippen LogP contribution in [0.15, 0.2) is 71.6 Å². The van der Waals surface area contributed by atoms with Gasteiger partial charge in [0.1, 0.15) is 36.3 Å². The van der Waals surface area contributed by atoms with Crippen molar-refractivity contribution >= 4 is 21.4 Å². The zero-order chi connectivity index (χ0) is 28.2. The standard InChI is InChI=1S/C29H33ClO8S/c1-2-37-22-8-3-19(4-9-22)15-21-16-20(7-12-24(21)30)29-28(34)27(33)26(32)25(38-29)17-39(35,36)23-10-5-18(6-11-23)13-14-31/h3-12,16,25-29,31-34H,2,13-15,17H2,1H3/t25-,26-,27+,28-,29+/m1/s1. The molecule has 1 heterocycles. The summed E-state index contributed by atoms with van der Waals surface area (Å²) in [5.74, 6) is 0.162. The lowest BCUT2D eigenvalue weighted by molar-refractivity contribution is -0.218. The van der Waals surface area contributed by atoms with Gasteiger partial charge in [-0.2, -0.15) is 0 Å². The Morgan fingerprint density at radius 1 is 0.897 bits per heavy atom. The Balaban J connectivity index is 1.54. The third-order valence-corrected chi connectivity index (χ3v) is 8.93. The van der Waals surface area contributed by atoms with Gasteiger partial charge in [-0.25, -0.2) is 8.42 Å². The van der Waals surface area contributed by atoms with Crippen LogP contribution in [0.1, 0.15) is 35.3 Å². The number of rotatable bonds is 10. The molecular weight excluding hydrogens is 544 g/mol. The number of benzene rings is 3. The zero-order valence-electron chi connectivity index (χ0n) is 21.5. The third kappa shape index (κ3) is 6.99. The minimum Gasteiger partial charge on any atom is -0.494 e. The van der Waals surface area contributed by atoms with E-state index in [4.69, 9.17) is 26.2 Å². The van der Waals surface area contributed by atoms with E-state index < -0.39 is 46.1 Å². The van der Waals surface area contributed by atoms with Gasteiger partial charge in [-0.1, -0.05) is 48.0 Å². The van der Waals surface area contributed by atoms with Crippen molar-refractivity contribution in [3.05, 3.63) is 94.0 Å². The molecule has 0 aliphatic carbocycles. The number of ether oxygens (including phenoxy) is 2. The van der Waals surface area contributed by atoms with E-state index in [0.29, 0.717) is 30.0 Å². The lowest BCUT2D eigenvalue weighted by atomic mass is 9.90. The molecule has 0 saturated carbocycles. The van der Waals surface area contributed by atoms with Gasteiger partial charge in [-0.05, 0) is 72.4 Å². The second-order valence-electron chi connectivity index (χ2n) is 9.57. The predicted octanol–water partition coefficient (Wildman–Crippen LogP) is 2.86. The molecule has 1 aliphatic rings. The first-order valence-corrected chi connectivity index (χ1v) is 14.8. The summed E-state index contributed by atoms with van der Waals surface area (Å²) in [6.45, 7) is 2.42. The molecule has 0 aromatic heterocycles. The highest BCUT2D eigenvalue weighted by molar-refractivity contribution is 7.91. The molecule has 0 spiro atoms. The maximum absolute atomic E-state index is 13.1. The molecule has 4 N–H and O–H groups in total. The molecule has 10 heteroatoms. The minimum atomic E-state index is -3.91. The average molecular weight is 577 g/mol. The largest absolute Gasteiger partial charge is 0.494 e. The van der Waals surface area contributed by atoms with Crippen molar-refractivity contribution in [3.8, 4) is 5.75 Å². The molecule has 210 valence electrons. The average Bonchev–Trinajstić information content (AvgIpc) is 2.92. The number of aliphatic hydroxyl groups excluding tert-OH is 4. The molecule has 5 atom stereocenters. The molecule has 4 rings (SSSR count). The number of hydrogen-bond acceptors (Lipinski definition) is 8. The fraction of sp³-hybridized carbons (Fsp3) is 0.379. The second-order valence-corrected chi connectivity index (χ2v) is 12.0. The molecule has 1 fully saturated rings. The highest BCUT2D eigenvalue weighted by Gasteiger charge is 2.45. The third-order valence-electron chi connectivity index (χ3n) is 6.81. The van der Waals surface area contributed by atoms with Crippen LogP contribution in [-0.4, -0.2) is 72.2 Å². The number of sulfone groups is 1. The summed E-state index contributed by atoms with van der Waals surface area (Å²) in [6, 6.07) is 18.7. The van der Waals surface area contributed by atoms with Crippen molar-refractivity contribution in [3.63, 3.8) is 0 Å². The van der Waals surface area contributed by atoms with Crippen molar-refractivity contribution in [2.75, 3.05) is 19.0 Å². The Labute approximate surface area is 233 Å². The fourth-order valence-corrected chi connectivity index (χ4v) is 6.30. The number of hydrogen-bond donors (Lipinski definition) is 4. The summed E-state index contributed by atoms with van der Waals surface area (Å²) in [6.07, 6.45) is -6.23. The lowest BCUT2D eigenvalue weighted by Gasteiger charge is -2.41. The van der Waals surface area contributed by atoms with Crippen molar-refractivity contribution in [1.29, 1.82) is 0 Å². The van der Waals surface area contributed by atoms with Crippen LogP contribution in [0.25, 0.3) is 0 Å². The molecule has 8 nitrogen and oxygen atoms in total. The highest BCUT2D eigenvalue weighted by Crippen LogP contribution is 2.35. The Morgan fingerprint density at radius 2 is 1.56 bits per heavy atom. The maximum Gasteiger partial charge on any atom is 0.181 e. The fourth-order valence-electron chi connectivity index (χ4n) is 4.67. The van der Waals surface area contributed by atoms with E-state index in [-0.39, 0.29) is 11.5 Å². The van der Waals surface area contributed by atoms with E-state index in [0.717, 1.165) is 22.4 Å². The monoisotopic (exact) mass is 576 g/mol. The summed E-state index contributed by atoms with van der Waals surface area (Å²) in [5.41, 5.74) is 3.01. The summed E-state index contributed by atoms with van der Waals surface area (Å²) >= 11 is 6.46. The first-order valence-electron chi connectivity index (χ1n) is 12.7. The van der Waals surface area contributed by atoms with Crippen molar-refractivity contribution < 1.29 is 38.3 Å². The molecule has 3 aromatic carbocycles. The van der Waals surface area contributed by atoms with Gasteiger partial charge in [0.15, 0.2) is 9.84 Å². The summed E-state index contributed by atoms with van der Waals surface area (Å²) < 4.78 is 37.6. The van der Waals surface area contributed by atoms with Gasteiger partial charge in [-0.15, -0.1) is 0 Å². The van der Waals surface area contributed by atoms with E-state index >= 15 is 0 Å². The molecule has 1 aliphatic heterocycles. The van der Waals surface area contributed by atoms with Crippen LogP contribution in [0, 0.1) is 0 Å². The van der Waals surface area contributed by atoms with Crippen LogP contribution in [0.5, 0.6) is 5.75 Å². The SMILES string of the molecule is CCOc1ccc(Cc2cc([C@@H]3O[C@H](CS(=O)(=O)c4ccc(CCO)cc4)[C@@H](O)[C@H](O)[C@H]3O)ccc2Cl)cc1. The molecule has 39 heavy (non-hydrogen) atoms. The molecule has 0 bridgehead atoms.